The van der Waals surface area contributed by atoms with Crippen molar-refractivity contribution in [1.29, 1.82) is 0 Å². The van der Waals surface area contributed by atoms with E-state index in [4.69, 9.17) is 18.0 Å². The van der Waals surface area contributed by atoms with Crippen LogP contribution in [0.15, 0.2) is 54.6 Å². The van der Waals surface area contributed by atoms with Crippen LogP contribution in [0.5, 0.6) is 0 Å². The highest BCUT2D eigenvalue weighted by Crippen LogP contribution is 2.15. The van der Waals surface area contributed by atoms with Crippen molar-refractivity contribution < 1.29 is 4.79 Å². The van der Waals surface area contributed by atoms with E-state index in [1.165, 1.54) is 0 Å². The summed E-state index contributed by atoms with van der Waals surface area (Å²) < 4.78 is 0. The molecule has 2 rings (SSSR count). The standard InChI is InChI=1S/C16H16N2OS/c1-18(14-5-3-2-4-6-14)16(19)13-9-7-12(8-10-13)11-15(17)20/h2-10H,11H2,1H3,(H2,17,20). The Morgan fingerprint density at radius 2 is 1.70 bits per heavy atom. The van der Waals surface area contributed by atoms with Gasteiger partial charge in [-0.2, -0.15) is 0 Å². The number of thiocarbonyl (C=S) groups is 1. The number of hydrogen-bond acceptors (Lipinski definition) is 2. The normalized spacial score (nSPS) is 10.1. The maximum atomic E-state index is 12.4. The molecule has 0 aliphatic carbocycles. The van der Waals surface area contributed by atoms with E-state index in [2.05, 4.69) is 0 Å². The van der Waals surface area contributed by atoms with E-state index >= 15 is 0 Å². The summed E-state index contributed by atoms with van der Waals surface area (Å²) in [5.41, 5.74) is 8.02. The second-order valence-electron chi connectivity index (χ2n) is 4.54. The van der Waals surface area contributed by atoms with Crippen LogP contribution < -0.4 is 10.6 Å². The zero-order valence-corrected chi connectivity index (χ0v) is 12.1. The van der Waals surface area contributed by atoms with E-state index < -0.39 is 0 Å². The molecule has 102 valence electrons. The predicted octanol–water partition coefficient (Wildman–Crippen LogP) is 2.79. The van der Waals surface area contributed by atoms with Crippen LogP contribution >= 0.6 is 12.2 Å². The maximum Gasteiger partial charge on any atom is 0.258 e. The summed E-state index contributed by atoms with van der Waals surface area (Å²) >= 11 is 4.87. The third-order valence-electron chi connectivity index (χ3n) is 3.03. The van der Waals surface area contributed by atoms with Crippen LogP contribution in [0.2, 0.25) is 0 Å². The SMILES string of the molecule is CN(C(=O)c1ccc(CC(N)=S)cc1)c1ccccc1. The third-order valence-corrected chi connectivity index (χ3v) is 3.17. The summed E-state index contributed by atoms with van der Waals surface area (Å²) in [6, 6.07) is 16.9. The maximum absolute atomic E-state index is 12.4. The minimum Gasteiger partial charge on any atom is -0.393 e. The van der Waals surface area contributed by atoms with E-state index in [1.807, 2.05) is 42.5 Å². The highest BCUT2D eigenvalue weighted by Gasteiger charge is 2.12. The molecule has 0 atom stereocenters. The monoisotopic (exact) mass is 284 g/mol. The first kappa shape index (κ1) is 14.2. The Labute approximate surface area is 124 Å². The fourth-order valence-corrected chi connectivity index (χ4v) is 2.10. The average molecular weight is 284 g/mol. The van der Waals surface area contributed by atoms with Crippen LogP contribution in [0.4, 0.5) is 5.69 Å². The Morgan fingerprint density at radius 3 is 2.25 bits per heavy atom. The molecule has 2 aromatic rings. The molecule has 2 N–H and O–H groups in total. The zero-order valence-electron chi connectivity index (χ0n) is 11.2. The lowest BCUT2D eigenvalue weighted by Crippen LogP contribution is -2.26. The van der Waals surface area contributed by atoms with E-state index in [0.717, 1.165) is 11.3 Å². The molecule has 0 heterocycles. The van der Waals surface area contributed by atoms with Crippen molar-refractivity contribution in [2.24, 2.45) is 5.73 Å². The Balaban J connectivity index is 2.15. The van der Waals surface area contributed by atoms with Crippen molar-refractivity contribution in [3.63, 3.8) is 0 Å². The molecule has 0 spiro atoms. The fourth-order valence-electron chi connectivity index (χ4n) is 1.93. The van der Waals surface area contributed by atoms with Crippen molar-refractivity contribution in [2.75, 3.05) is 11.9 Å². The zero-order chi connectivity index (χ0) is 14.5. The molecule has 0 aliphatic rings. The van der Waals surface area contributed by atoms with Crippen LogP contribution in [0.3, 0.4) is 0 Å². The quantitative estimate of drug-likeness (QED) is 0.878. The van der Waals surface area contributed by atoms with Crippen molar-refractivity contribution >= 4 is 28.8 Å². The van der Waals surface area contributed by atoms with Crippen molar-refractivity contribution in [3.8, 4) is 0 Å². The summed E-state index contributed by atoms with van der Waals surface area (Å²) in [6.07, 6.45) is 0.554. The van der Waals surface area contributed by atoms with Crippen molar-refractivity contribution in [1.82, 2.24) is 0 Å². The Kier molecular flexibility index (Phi) is 4.48. The second-order valence-corrected chi connectivity index (χ2v) is 5.06. The van der Waals surface area contributed by atoms with Gasteiger partial charge in [0.05, 0.1) is 4.99 Å². The Bertz CT molecular complexity index is 608. The number of nitrogens with zero attached hydrogens (tertiary/aromatic N) is 1. The van der Waals surface area contributed by atoms with Gasteiger partial charge in [-0.1, -0.05) is 42.5 Å². The first-order valence-corrected chi connectivity index (χ1v) is 6.69. The first-order valence-electron chi connectivity index (χ1n) is 6.28. The van der Waals surface area contributed by atoms with Gasteiger partial charge in [0.1, 0.15) is 0 Å². The van der Waals surface area contributed by atoms with Gasteiger partial charge in [0.2, 0.25) is 0 Å². The van der Waals surface area contributed by atoms with Crippen molar-refractivity contribution in [3.05, 3.63) is 65.7 Å². The summed E-state index contributed by atoms with van der Waals surface area (Å²) in [4.78, 5) is 14.4. The molecule has 0 saturated heterocycles. The lowest BCUT2D eigenvalue weighted by atomic mass is 10.1. The number of carbonyl (C=O) groups excluding carboxylic acids is 1. The molecule has 0 saturated carbocycles. The van der Waals surface area contributed by atoms with Crippen molar-refractivity contribution in [2.45, 2.75) is 6.42 Å². The Hall–Kier alpha value is -2.20. The summed E-state index contributed by atoms with van der Waals surface area (Å²) in [6.45, 7) is 0. The van der Waals surface area contributed by atoms with Gasteiger partial charge in [0.25, 0.3) is 5.91 Å². The van der Waals surface area contributed by atoms with Crippen LogP contribution in [0.25, 0.3) is 0 Å². The van der Waals surface area contributed by atoms with Gasteiger partial charge in [-0.25, -0.2) is 0 Å². The largest absolute Gasteiger partial charge is 0.393 e. The number of amides is 1. The lowest BCUT2D eigenvalue weighted by Gasteiger charge is -2.17. The van der Waals surface area contributed by atoms with Gasteiger partial charge in [0, 0.05) is 24.7 Å². The highest BCUT2D eigenvalue weighted by atomic mass is 32.1. The molecule has 0 fully saturated rings. The molecule has 4 heteroatoms. The van der Waals surface area contributed by atoms with E-state index in [0.29, 0.717) is 17.0 Å². The number of hydrogen-bond donors (Lipinski definition) is 1. The lowest BCUT2D eigenvalue weighted by molar-refractivity contribution is 0.0993. The molecule has 2 aromatic carbocycles. The highest BCUT2D eigenvalue weighted by molar-refractivity contribution is 7.80. The fraction of sp³-hybridized carbons (Fsp3) is 0.125. The van der Waals surface area contributed by atoms with Gasteiger partial charge in [-0.3, -0.25) is 4.79 Å². The number of rotatable bonds is 4. The molecule has 0 unspecified atom stereocenters. The van der Waals surface area contributed by atoms with E-state index in [1.54, 1.807) is 24.1 Å². The molecule has 0 aromatic heterocycles. The number of anilines is 1. The number of carbonyl (C=O) groups is 1. The van der Waals surface area contributed by atoms with Crippen LogP contribution in [0, 0.1) is 0 Å². The number of para-hydroxylation sites is 1. The average Bonchev–Trinajstić information content (AvgIpc) is 2.47. The molecule has 0 aliphatic heterocycles. The molecular weight excluding hydrogens is 268 g/mol. The summed E-state index contributed by atoms with van der Waals surface area (Å²) in [5.74, 6) is -0.0434. The minimum absolute atomic E-state index is 0.0434. The predicted molar refractivity (Wildman–Crippen MR) is 86.1 cm³/mol. The van der Waals surface area contributed by atoms with Gasteiger partial charge in [-0.05, 0) is 29.8 Å². The van der Waals surface area contributed by atoms with Gasteiger partial charge in [0.15, 0.2) is 0 Å². The topological polar surface area (TPSA) is 46.3 Å². The first-order chi connectivity index (χ1) is 9.58. The molecule has 1 amide bonds. The summed E-state index contributed by atoms with van der Waals surface area (Å²) in [7, 11) is 1.76. The third kappa shape index (κ3) is 3.42. The van der Waals surface area contributed by atoms with Gasteiger partial charge < -0.3 is 10.6 Å². The molecule has 20 heavy (non-hydrogen) atoms. The molecule has 0 radical (unpaired) electrons. The molecular formula is C16H16N2OS. The van der Waals surface area contributed by atoms with Crippen LogP contribution in [-0.4, -0.2) is 17.9 Å². The summed E-state index contributed by atoms with van der Waals surface area (Å²) in [5, 5.41) is 0. The second kappa shape index (κ2) is 6.30. The molecule has 3 nitrogen and oxygen atoms in total. The Morgan fingerprint density at radius 1 is 1.10 bits per heavy atom. The van der Waals surface area contributed by atoms with Gasteiger partial charge >= 0.3 is 0 Å². The minimum atomic E-state index is -0.0434. The molecule has 0 bridgehead atoms. The van der Waals surface area contributed by atoms with E-state index in [9.17, 15) is 4.79 Å². The van der Waals surface area contributed by atoms with Crippen LogP contribution in [0.1, 0.15) is 15.9 Å². The smallest absolute Gasteiger partial charge is 0.258 e. The van der Waals surface area contributed by atoms with Gasteiger partial charge in [-0.15, -0.1) is 0 Å². The number of nitrogens with two attached hydrogens (primary N) is 1. The number of benzene rings is 2. The van der Waals surface area contributed by atoms with Crippen LogP contribution in [-0.2, 0) is 6.42 Å². The van der Waals surface area contributed by atoms with E-state index in [-0.39, 0.29) is 5.91 Å².